The second kappa shape index (κ2) is 6.29. The van der Waals surface area contributed by atoms with E-state index in [0.29, 0.717) is 4.88 Å². The lowest BCUT2D eigenvalue weighted by Gasteiger charge is -2.13. The van der Waals surface area contributed by atoms with Gasteiger partial charge < -0.3 is 10.6 Å². The van der Waals surface area contributed by atoms with Crippen molar-refractivity contribution >= 4 is 28.8 Å². The first-order valence-electron chi connectivity index (χ1n) is 5.97. The summed E-state index contributed by atoms with van der Waals surface area (Å²) in [6, 6.07) is 8.53. The lowest BCUT2D eigenvalue weighted by Crippen LogP contribution is -2.41. The zero-order valence-corrected chi connectivity index (χ0v) is 11.5. The Labute approximate surface area is 119 Å². The van der Waals surface area contributed by atoms with Gasteiger partial charge in [0.1, 0.15) is 11.9 Å². The molecule has 2 N–H and O–H groups in total. The van der Waals surface area contributed by atoms with Gasteiger partial charge in [0.05, 0.1) is 10.6 Å². The van der Waals surface area contributed by atoms with Crippen molar-refractivity contribution in [1.29, 1.82) is 0 Å². The van der Waals surface area contributed by atoms with E-state index in [1.54, 1.807) is 30.5 Å². The number of halogens is 1. The van der Waals surface area contributed by atoms with E-state index in [-0.39, 0.29) is 11.6 Å². The lowest BCUT2D eigenvalue weighted by molar-refractivity contribution is -0.117. The first-order chi connectivity index (χ1) is 9.58. The standard InChI is InChI=1S/C14H13FN2O2S/c1-9(16-14(19)12-7-4-8-20-12)13(18)17-11-6-3-2-5-10(11)15/h2-9H,1H3,(H,16,19)(H,17,18). The number of para-hydroxylation sites is 1. The van der Waals surface area contributed by atoms with Crippen molar-refractivity contribution in [2.45, 2.75) is 13.0 Å². The van der Waals surface area contributed by atoms with Crippen LogP contribution in [-0.4, -0.2) is 17.9 Å². The molecule has 0 spiro atoms. The van der Waals surface area contributed by atoms with Crippen LogP contribution in [0.5, 0.6) is 0 Å². The normalized spacial score (nSPS) is 11.7. The van der Waals surface area contributed by atoms with Crippen molar-refractivity contribution in [2.75, 3.05) is 5.32 Å². The Morgan fingerprint density at radius 2 is 1.95 bits per heavy atom. The van der Waals surface area contributed by atoms with Crippen LogP contribution >= 0.6 is 11.3 Å². The molecule has 0 bridgehead atoms. The molecule has 1 unspecified atom stereocenters. The Bertz CT molecular complexity index is 613. The van der Waals surface area contributed by atoms with E-state index < -0.39 is 17.8 Å². The van der Waals surface area contributed by atoms with E-state index in [1.807, 2.05) is 0 Å². The highest BCUT2D eigenvalue weighted by molar-refractivity contribution is 7.12. The Hall–Kier alpha value is -2.21. The van der Waals surface area contributed by atoms with Gasteiger partial charge in [0, 0.05) is 0 Å². The second-order valence-electron chi connectivity index (χ2n) is 4.14. The fraction of sp³-hybridized carbons (Fsp3) is 0.143. The highest BCUT2D eigenvalue weighted by Gasteiger charge is 2.18. The zero-order chi connectivity index (χ0) is 14.5. The van der Waals surface area contributed by atoms with Gasteiger partial charge >= 0.3 is 0 Å². The molecule has 0 saturated heterocycles. The first-order valence-corrected chi connectivity index (χ1v) is 6.85. The predicted molar refractivity (Wildman–Crippen MR) is 76.3 cm³/mol. The number of benzene rings is 1. The number of thiophene rings is 1. The van der Waals surface area contributed by atoms with Crippen LogP contribution in [-0.2, 0) is 4.79 Å². The zero-order valence-electron chi connectivity index (χ0n) is 10.7. The minimum atomic E-state index is -0.760. The number of anilines is 1. The summed E-state index contributed by atoms with van der Waals surface area (Å²) >= 11 is 1.29. The maximum Gasteiger partial charge on any atom is 0.261 e. The van der Waals surface area contributed by atoms with Gasteiger partial charge in [-0.3, -0.25) is 9.59 Å². The third-order valence-corrected chi connectivity index (χ3v) is 3.49. The van der Waals surface area contributed by atoms with Crippen molar-refractivity contribution in [2.24, 2.45) is 0 Å². The number of hydrogen-bond acceptors (Lipinski definition) is 3. The summed E-state index contributed by atoms with van der Waals surface area (Å²) < 4.78 is 13.4. The van der Waals surface area contributed by atoms with Crippen molar-refractivity contribution in [3.63, 3.8) is 0 Å². The molecule has 20 heavy (non-hydrogen) atoms. The Morgan fingerprint density at radius 1 is 1.20 bits per heavy atom. The molecule has 0 radical (unpaired) electrons. The predicted octanol–water partition coefficient (Wildman–Crippen LogP) is 2.64. The van der Waals surface area contributed by atoms with E-state index in [0.717, 1.165) is 0 Å². The van der Waals surface area contributed by atoms with Crippen LogP contribution in [0.25, 0.3) is 0 Å². The topological polar surface area (TPSA) is 58.2 Å². The molecular weight excluding hydrogens is 279 g/mol. The van der Waals surface area contributed by atoms with Gasteiger partial charge in [-0.1, -0.05) is 18.2 Å². The summed E-state index contributed by atoms with van der Waals surface area (Å²) in [5.74, 6) is -1.31. The average molecular weight is 292 g/mol. The van der Waals surface area contributed by atoms with Gasteiger partial charge in [-0.15, -0.1) is 11.3 Å². The van der Waals surface area contributed by atoms with Gasteiger partial charge in [0.2, 0.25) is 5.91 Å². The van der Waals surface area contributed by atoms with E-state index in [9.17, 15) is 14.0 Å². The number of nitrogens with one attached hydrogen (secondary N) is 2. The summed E-state index contributed by atoms with van der Waals surface area (Å²) in [6.07, 6.45) is 0. The minimum Gasteiger partial charge on any atom is -0.340 e. The van der Waals surface area contributed by atoms with E-state index in [2.05, 4.69) is 10.6 Å². The van der Waals surface area contributed by atoms with Crippen LogP contribution in [0.3, 0.4) is 0 Å². The Morgan fingerprint density at radius 3 is 2.60 bits per heavy atom. The van der Waals surface area contributed by atoms with Crippen molar-refractivity contribution in [1.82, 2.24) is 5.32 Å². The molecule has 0 fully saturated rings. The maximum absolute atomic E-state index is 13.4. The number of carbonyl (C=O) groups is 2. The molecule has 1 heterocycles. The molecule has 0 aliphatic rings. The third-order valence-electron chi connectivity index (χ3n) is 2.62. The first kappa shape index (κ1) is 14.2. The SMILES string of the molecule is CC(NC(=O)c1cccs1)C(=O)Nc1ccccc1F. The van der Waals surface area contributed by atoms with Gasteiger partial charge in [0.15, 0.2) is 0 Å². The molecule has 1 aromatic heterocycles. The van der Waals surface area contributed by atoms with Crippen molar-refractivity contribution in [3.8, 4) is 0 Å². The number of rotatable bonds is 4. The molecule has 0 saturated carbocycles. The Kier molecular flexibility index (Phi) is 4.47. The molecular formula is C14H13FN2O2S. The van der Waals surface area contributed by atoms with Crippen LogP contribution in [0.4, 0.5) is 10.1 Å². The number of hydrogen-bond donors (Lipinski definition) is 2. The highest BCUT2D eigenvalue weighted by atomic mass is 32.1. The van der Waals surface area contributed by atoms with Crippen molar-refractivity contribution in [3.05, 3.63) is 52.5 Å². The fourth-order valence-corrected chi connectivity index (χ4v) is 2.17. The van der Waals surface area contributed by atoms with Gasteiger partial charge in [-0.2, -0.15) is 0 Å². The van der Waals surface area contributed by atoms with Gasteiger partial charge in [0.25, 0.3) is 5.91 Å². The fourth-order valence-electron chi connectivity index (χ4n) is 1.54. The molecule has 1 atom stereocenters. The molecule has 2 amide bonds. The molecule has 2 rings (SSSR count). The minimum absolute atomic E-state index is 0.0923. The van der Waals surface area contributed by atoms with Crippen LogP contribution in [0.1, 0.15) is 16.6 Å². The maximum atomic E-state index is 13.4. The monoisotopic (exact) mass is 292 g/mol. The molecule has 0 aliphatic carbocycles. The summed E-state index contributed by atoms with van der Waals surface area (Å²) in [5, 5.41) is 6.77. The quantitative estimate of drug-likeness (QED) is 0.910. The summed E-state index contributed by atoms with van der Waals surface area (Å²) in [6.45, 7) is 1.54. The van der Waals surface area contributed by atoms with Crippen molar-refractivity contribution < 1.29 is 14.0 Å². The number of carbonyl (C=O) groups excluding carboxylic acids is 2. The van der Waals surface area contributed by atoms with E-state index in [4.69, 9.17) is 0 Å². The highest BCUT2D eigenvalue weighted by Crippen LogP contribution is 2.13. The molecule has 2 aromatic rings. The Balaban J connectivity index is 1.96. The smallest absolute Gasteiger partial charge is 0.261 e. The second-order valence-corrected chi connectivity index (χ2v) is 5.09. The molecule has 6 heteroatoms. The van der Waals surface area contributed by atoms with E-state index >= 15 is 0 Å². The van der Waals surface area contributed by atoms with Gasteiger partial charge in [-0.05, 0) is 30.5 Å². The largest absolute Gasteiger partial charge is 0.340 e. The average Bonchev–Trinajstić information content (AvgIpc) is 2.95. The lowest BCUT2D eigenvalue weighted by atomic mass is 10.2. The summed E-state index contributed by atoms with van der Waals surface area (Å²) in [7, 11) is 0. The summed E-state index contributed by atoms with van der Waals surface area (Å²) in [5.41, 5.74) is 0.0923. The molecule has 1 aromatic carbocycles. The third kappa shape index (κ3) is 3.42. The number of amides is 2. The summed E-state index contributed by atoms with van der Waals surface area (Å²) in [4.78, 5) is 24.2. The van der Waals surface area contributed by atoms with Crippen LogP contribution < -0.4 is 10.6 Å². The van der Waals surface area contributed by atoms with E-state index in [1.165, 1.54) is 29.5 Å². The molecule has 4 nitrogen and oxygen atoms in total. The molecule has 104 valence electrons. The van der Waals surface area contributed by atoms with Crippen LogP contribution in [0.2, 0.25) is 0 Å². The van der Waals surface area contributed by atoms with Crippen LogP contribution in [0, 0.1) is 5.82 Å². The van der Waals surface area contributed by atoms with Gasteiger partial charge in [-0.25, -0.2) is 4.39 Å². The van der Waals surface area contributed by atoms with Crippen LogP contribution in [0.15, 0.2) is 41.8 Å². The molecule has 0 aliphatic heterocycles.